The summed E-state index contributed by atoms with van der Waals surface area (Å²) >= 11 is 0. The van der Waals surface area contributed by atoms with Crippen molar-refractivity contribution >= 4 is 5.69 Å². The molecule has 0 aromatic heterocycles. The van der Waals surface area contributed by atoms with Crippen molar-refractivity contribution in [3.8, 4) is 0 Å². The lowest BCUT2D eigenvalue weighted by Crippen LogP contribution is -2.26. The summed E-state index contributed by atoms with van der Waals surface area (Å²) in [5, 5.41) is 0. The van der Waals surface area contributed by atoms with Crippen molar-refractivity contribution in [2.75, 3.05) is 18.0 Å². The number of hydrogen-bond acceptors (Lipinski definition) is 1. The Labute approximate surface area is 99.1 Å². The second-order valence-electron chi connectivity index (χ2n) is 4.61. The number of rotatable bonds is 5. The van der Waals surface area contributed by atoms with Crippen LogP contribution in [-0.2, 0) is 0 Å². The summed E-state index contributed by atoms with van der Waals surface area (Å²) in [6.45, 7) is 15.9. The Bertz CT molecular complexity index is 357. The van der Waals surface area contributed by atoms with Gasteiger partial charge >= 0.3 is 0 Å². The van der Waals surface area contributed by atoms with Gasteiger partial charge in [-0.25, -0.2) is 0 Å². The first-order valence-electron chi connectivity index (χ1n) is 5.59. The lowest BCUT2D eigenvalue weighted by molar-refractivity contribution is 0.895. The molecular weight excluding hydrogens is 194 g/mol. The van der Waals surface area contributed by atoms with E-state index in [1.807, 2.05) is 0 Å². The van der Waals surface area contributed by atoms with E-state index in [1.54, 1.807) is 0 Å². The van der Waals surface area contributed by atoms with Crippen molar-refractivity contribution < 1.29 is 0 Å². The van der Waals surface area contributed by atoms with Gasteiger partial charge in [0.1, 0.15) is 0 Å². The summed E-state index contributed by atoms with van der Waals surface area (Å²) in [6.07, 6.45) is 0. The fourth-order valence-electron chi connectivity index (χ4n) is 1.65. The fraction of sp³-hybridized carbons (Fsp3) is 0.333. The number of nitrogens with zero attached hydrogens (tertiary/aromatic N) is 1. The maximum atomic E-state index is 3.97. The molecule has 0 fully saturated rings. The molecule has 0 aliphatic carbocycles. The van der Waals surface area contributed by atoms with Gasteiger partial charge in [0.25, 0.3) is 0 Å². The van der Waals surface area contributed by atoms with Gasteiger partial charge in [0.2, 0.25) is 0 Å². The monoisotopic (exact) mass is 215 g/mol. The first-order chi connectivity index (χ1) is 7.49. The molecule has 0 atom stereocenters. The molecule has 0 unspecified atom stereocenters. The van der Waals surface area contributed by atoms with E-state index in [9.17, 15) is 0 Å². The SMILES string of the molecule is C=C(C)CN(CC(=C)C)c1ccc(C)cc1. The summed E-state index contributed by atoms with van der Waals surface area (Å²) in [7, 11) is 0. The number of hydrogen-bond donors (Lipinski definition) is 0. The molecule has 0 aliphatic rings. The molecule has 0 amide bonds. The van der Waals surface area contributed by atoms with Crippen molar-refractivity contribution in [2.24, 2.45) is 0 Å². The van der Waals surface area contributed by atoms with Crippen molar-refractivity contribution in [1.29, 1.82) is 0 Å². The topological polar surface area (TPSA) is 3.24 Å². The minimum absolute atomic E-state index is 0.885. The largest absolute Gasteiger partial charge is 0.364 e. The molecule has 0 saturated heterocycles. The molecule has 0 radical (unpaired) electrons. The van der Waals surface area contributed by atoms with Crippen LogP contribution in [-0.4, -0.2) is 13.1 Å². The van der Waals surface area contributed by atoms with Gasteiger partial charge in [-0.3, -0.25) is 0 Å². The molecule has 1 heteroatoms. The van der Waals surface area contributed by atoms with Crippen LogP contribution in [0.15, 0.2) is 48.6 Å². The molecule has 16 heavy (non-hydrogen) atoms. The minimum Gasteiger partial charge on any atom is -0.364 e. The van der Waals surface area contributed by atoms with Gasteiger partial charge in [0.05, 0.1) is 0 Å². The van der Waals surface area contributed by atoms with E-state index in [4.69, 9.17) is 0 Å². The number of benzene rings is 1. The maximum Gasteiger partial charge on any atom is 0.0387 e. The van der Waals surface area contributed by atoms with Gasteiger partial charge in [-0.1, -0.05) is 42.0 Å². The second kappa shape index (κ2) is 5.55. The van der Waals surface area contributed by atoms with E-state index in [2.05, 4.69) is 63.1 Å². The van der Waals surface area contributed by atoms with Crippen LogP contribution in [0.25, 0.3) is 0 Å². The summed E-state index contributed by atoms with van der Waals surface area (Å²) in [5.41, 5.74) is 4.86. The predicted molar refractivity (Wildman–Crippen MR) is 73.0 cm³/mol. The highest BCUT2D eigenvalue weighted by Gasteiger charge is 2.06. The molecule has 1 rings (SSSR count). The zero-order valence-electron chi connectivity index (χ0n) is 10.6. The smallest absolute Gasteiger partial charge is 0.0387 e. The van der Waals surface area contributed by atoms with Crippen LogP contribution in [0.5, 0.6) is 0 Å². The Morgan fingerprint density at radius 2 is 1.44 bits per heavy atom. The third kappa shape index (κ3) is 3.93. The molecule has 0 heterocycles. The van der Waals surface area contributed by atoms with Gasteiger partial charge < -0.3 is 4.90 Å². The zero-order valence-corrected chi connectivity index (χ0v) is 10.6. The highest BCUT2D eigenvalue weighted by atomic mass is 15.1. The first kappa shape index (κ1) is 12.6. The van der Waals surface area contributed by atoms with Crippen LogP contribution in [0, 0.1) is 6.92 Å². The quantitative estimate of drug-likeness (QED) is 0.672. The second-order valence-corrected chi connectivity index (χ2v) is 4.61. The van der Waals surface area contributed by atoms with Gasteiger partial charge in [0.15, 0.2) is 0 Å². The van der Waals surface area contributed by atoms with Crippen LogP contribution in [0.2, 0.25) is 0 Å². The molecule has 0 saturated carbocycles. The zero-order chi connectivity index (χ0) is 12.1. The van der Waals surface area contributed by atoms with E-state index in [0.717, 1.165) is 13.1 Å². The van der Waals surface area contributed by atoms with E-state index >= 15 is 0 Å². The predicted octanol–water partition coefficient (Wildman–Crippen LogP) is 3.95. The Morgan fingerprint density at radius 1 is 1.00 bits per heavy atom. The van der Waals surface area contributed by atoms with Gasteiger partial charge in [-0.2, -0.15) is 0 Å². The number of aryl methyl sites for hydroxylation is 1. The Kier molecular flexibility index (Phi) is 4.36. The fourth-order valence-corrected chi connectivity index (χ4v) is 1.65. The lowest BCUT2D eigenvalue weighted by Gasteiger charge is -2.25. The summed E-state index contributed by atoms with van der Waals surface area (Å²) < 4.78 is 0. The van der Waals surface area contributed by atoms with Crippen LogP contribution in [0.3, 0.4) is 0 Å². The van der Waals surface area contributed by atoms with Crippen molar-refractivity contribution in [2.45, 2.75) is 20.8 Å². The molecule has 1 aromatic rings. The average Bonchev–Trinajstić information content (AvgIpc) is 2.16. The molecule has 86 valence electrons. The van der Waals surface area contributed by atoms with Gasteiger partial charge in [0, 0.05) is 18.8 Å². The molecular formula is C15H21N. The third-order valence-corrected chi connectivity index (χ3v) is 2.32. The van der Waals surface area contributed by atoms with Crippen molar-refractivity contribution in [3.05, 3.63) is 54.1 Å². The molecule has 1 aromatic carbocycles. The maximum absolute atomic E-state index is 3.97. The average molecular weight is 215 g/mol. The first-order valence-corrected chi connectivity index (χ1v) is 5.59. The highest BCUT2D eigenvalue weighted by Crippen LogP contribution is 2.17. The number of anilines is 1. The summed E-state index contributed by atoms with van der Waals surface area (Å²) in [6, 6.07) is 8.58. The Morgan fingerprint density at radius 3 is 1.81 bits per heavy atom. The molecule has 0 bridgehead atoms. The Balaban J connectivity index is 2.86. The minimum atomic E-state index is 0.885. The summed E-state index contributed by atoms with van der Waals surface area (Å²) in [4.78, 5) is 2.30. The van der Waals surface area contributed by atoms with Crippen LogP contribution < -0.4 is 4.90 Å². The van der Waals surface area contributed by atoms with E-state index < -0.39 is 0 Å². The summed E-state index contributed by atoms with van der Waals surface area (Å²) in [5.74, 6) is 0. The van der Waals surface area contributed by atoms with E-state index in [-0.39, 0.29) is 0 Å². The lowest BCUT2D eigenvalue weighted by atomic mass is 10.2. The third-order valence-electron chi connectivity index (χ3n) is 2.32. The van der Waals surface area contributed by atoms with E-state index in [0.29, 0.717) is 0 Å². The van der Waals surface area contributed by atoms with Crippen LogP contribution in [0.1, 0.15) is 19.4 Å². The van der Waals surface area contributed by atoms with Crippen LogP contribution in [0.4, 0.5) is 5.69 Å². The standard InChI is InChI=1S/C15H21N/c1-12(2)10-16(11-13(3)4)15-8-6-14(5)7-9-15/h6-9H,1,3,10-11H2,2,4-5H3. The van der Waals surface area contributed by atoms with E-state index in [1.165, 1.54) is 22.4 Å². The van der Waals surface area contributed by atoms with Crippen LogP contribution >= 0.6 is 0 Å². The molecule has 0 aliphatic heterocycles. The highest BCUT2D eigenvalue weighted by molar-refractivity contribution is 5.49. The van der Waals surface area contributed by atoms with Crippen molar-refractivity contribution in [3.63, 3.8) is 0 Å². The van der Waals surface area contributed by atoms with Gasteiger partial charge in [-0.15, -0.1) is 0 Å². The molecule has 0 spiro atoms. The van der Waals surface area contributed by atoms with Crippen molar-refractivity contribution in [1.82, 2.24) is 0 Å². The normalized spacial score (nSPS) is 9.94. The van der Waals surface area contributed by atoms with Gasteiger partial charge in [-0.05, 0) is 32.9 Å². The molecule has 0 N–H and O–H groups in total. The Hall–Kier alpha value is -1.50. The molecule has 1 nitrogen and oxygen atoms in total.